The normalized spacial score (nSPS) is 16.7. The van der Waals surface area contributed by atoms with Crippen molar-refractivity contribution >= 4 is 26.0 Å². The van der Waals surface area contributed by atoms with Gasteiger partial charge in [0.05, 0.1) is 4.90 Å². The summed E-state index contributed by atoms with van der Waals surface area (Å²) >= 11 is 3.23. The van der Waals surface area contributed by atoms with Gasteiger partial charge in [-0.05, 0) is 43.5 Å². The van der Waals surface area contributed by atoms with Gasteiger partial charge in [-0.3, -0.25) is 0 Å². The summed E-state index contributed by atoms with van der Waals surface area (Å²) in [6.45, 7) is 0.253. The lowest BCUT2D eigenvalue weighted by atomic mass is 10.2. The molecule has 112 valence electrons. The predicted octanol–water partition coefficient (Wildman–Crippen LogP) is 3.47. The molecule has 0 spiro atoms. The second kappa shape index (κ2) is 5.31. The first kappa shape index (κ1) is 15.8. The first-order valence-electron chi connectivity index (χ1n) is 5.96. The summed E-state index contributed by atoms with van der Waals surface area (Å²) in [6, 6.07) is 3.69. The molecule has 1 aromatic rings. The van der Waals surface area contributed by atoms with Crippen molar-refractivity contribution in [3.63, 3.8) is 0 Å². The van der Waals surface area contributed by atoms with Gasteiger partial charge in [0, 0.05) is 10.5 Å². The highest BCUT2D eigenvalue weighted by molar-refractivity contribution is 9.10. The number of benzene rings is 1. The van der Waals surface area contributed by atoms with Crippen molar-refractivity contribution in [2.75, 3.05) is 6.54 Å². The number of alkyl halides is 3. The molecule has 2 rings (SSSR count). The molecule has 0 unspecified atom stereocenters. The van der Waals surface area contributed by atoms with E-state index in [0.29, 0.717) is 27.2 Å². The number of hydrogen-bond acceptors (Lipinski definition) is 2. The Morgan fingerprint density at radius 3 is 2.40 bits per heavy atom. The lowest BCUT2D eigenvalue weighted by molar-refractivity contribution is -0.137. The van der Waals surface area contributed by atoms with Crippen LogP contribution in [0.5, 0.6) is 0 Å². The molecule has 8 heteroatoms. The minimum atomic E-state index is -4.54. The minimum absolute atomic E-state index is 0.102. The zero-order chi connectivity index (χ0) is 15.1. The topological polar surface area (TPSA) is 37.4 Å². The summed E-state index contributed by atoms with van der Waals surface area (Å²) in [6.07, 6.45) is -3.59. The summed E-state index contributed by atoms with van der Waals surface area (Å²) in [5.41, 5.74) is 0.661. The lowest BCUT2D eigenvalue weighted by Gasteiger charge is -2.23. The summed E-state index contributed by atoms with van der Waals surface area (Å²) < 4.78 is 63.7. The molecule has 0 radical (unpaired) electrons. The fourth-order valence-electron chi connectivity index (χ4n) is 1.86. The molecular weight excluding hydrogens is 359 g/mol. The first-order valence-corrected chi connectivity index (χ1v) is 8.19. The maximum Gasteiger partial charge on any atom is 0.402 e. The van der Waals surface area contributed by atoms with E-state index in [9.17, 15) is 21.6 Å². The van der Waals surface area contributed by atoms with Crippen molar-refractivity contribution in [3.05, 3.63) is 28.2 Å². The molecule has 1 saturated carbocycles. The molecule has 1 aliphatic rings. The second-order valence-corrected chi connectivity index (χ2v) is 7.55. The maximum atomic E-state index is 12.6. The zero-order valence-electron chi connectivity index (χ0n) is 10.6. The number of sulfonamides is 1. The Kier molecular flexibility index (Phi) is 4.19. The molecule has 0 bridgehead atoms. The highest BCUT2D eigenvalue weighted by atomic mass is 79.9. The van der Waals surface area contributed by atoms with Gasteiger partial charge in [-0.25, -0.2) is 8.42 Å². The van der Waals surface area contributed by atoms with Gasteiger partial charge >= 0.3 is 6.18 Å². The van der Waals surface area contributed by atoms with Crippen LogP contribution in [-0.4, -0.2) is 31.5 Å². The molecule has 1 aliphatic carbocycles. The predicted molar refractivity (Wildman–Crippen MR) is 71.8 cm³/mol. The van der Waals surface area contributed by atoms with Crippen LogP contribution < -0.4 is 0 Å². The van der Waals surface area contributed by atoms with Crippen molar-refractivity contribution in [2.24, 2.45) is 0 Å². The molecule has 0 amide bonds. The van der Waals surface area contributed by atoms with Gasteiger partial charge in [0.15, 0.2) is 0 Å². The van der Waals surface area contributed by atoms with E-state index in [-0.39, 0.29) is 4.90 Å². The molecule has 0 atom stereocenters. The van der Waals surface area contributed by atoms with Crippen molar-refractivity contribution in [2.45, 2.75) is 36.9 Å². The molecule has 3 nitrogen and oxygen atoms in total. The van der Waals surface area contributed by atoms with Gasteiger partial charge in [-0.2, -0.15) is 17.5 Å². The Morgan fingerprint density at radius 2 is 1.95 bits per heavy atom. The Labute approximate surface area is 123 Å². The molecule has 0 aromatic heterocycles. The Balaban J connectivity index is 2.37. The number of hydrogen-bond donors (Lipinski definition) is 0. The SMILES string of the molecule is Cc1cc(S(=O)(=O)N(CC(F)(F)F)C2CC2)ccc1Br. The van der Waals surface area contributed by atoms with E-state index >= 15 is 0 Å². The number of aryl methyl sites for hydroxylation is 1. The van der Waals surface area contributed by atoms with Crippen molar-refractivity contribution in [1.82, 2.24) is 4.31 Å². The monoisotopic (exact) mass is 371 g/mol. The highest BCUT2D eigenvalue weighted by Crippen LogP contribution is 2.35. The van der Waals surface area contributed by atoms with Crippen LogP contribution in [0.3, 0.4) is 0 Å². The van der Waals surface area contributed by atoms with E-state index in [2.05, 4.69) is 15.9 Å². The maximum absolute atomic E-state index is 12.6. The average Bonchev–Trinajstić information content (AvgIpc) is 3.12. The van der Waals surface area contributed by atoms with E-state index in [1.807, 2.05) is 0 Å². The molecule has 20 heavy (non-hydrogen) atoms. The van der Waals surface area contributed by atoms with E-state index < -0.39 is 28.8 Å². The smallest absolute Gasteiger partial charge is 0.207 e. The molecule has 0 saturated heterocycles. The summed E-state index contributed by atoms with van der Waals surface area (Å²) in [4.78, 5) is -0.102. The van der Waals surface area contributed by atoms with E-state index in [0.717, 1.165) is 0 Å². The van der Waals surface area contributed by atoms with Crippen LogP contribution in [0.4, 0.5) is 13.2 Å². The zero-order valence-corrected chi connectivity index (χ0v) is 13.0. The van der Waals surface area contributed by atoms with Gasteiger partial charge in [0.2, 0.25) is 10.0 Å². The van der Waals surface area contributed by atoms with Gasteiger partial charge in [0.25, 0.3) is 0 Å². The van der Waals surface area contributed by atoms with Crippen LogP contribution in [0.1, 0.15) is 18.4 Å². The summed E-state index contributed by atoms with van der Waals surface area (Å²) in [5.74, 6) is 0. The quantitative estimate of drug-likeness (QED) is 0.812. The first-order chi connectivity index (χ1) is 9.11. The molecule has 0 heterocycles. The van der Waals surface area contributed by atoms with Gasteiger partial charge < -0.3 is 0 Å². The van der Waals surface area contributed by atoms with Gasteiger partial charge in [-0.1, -0.05) is 15.9 Å². The van der Waals surface area contributed by atoms with Crippen molar-refractivity contribution < 1.29 is 21.6 Å². The van der Waals surface area contributed by atoms with Gasteiger partial charge in [0.1, 0.15) is 6.54 Å². The van der Waals surface area contributed by atoms with Crippen LogP contribution in [0, 0.1) is 6.92 Å². The second-order valence-electron chi connectivity index (χ2n) is 4.81. The van der Waals surface area contributed by atoms with Crippen LogP contribution in [-0.2, 0) is 10.0 Å². The Bertz CT molecular complexity index is 612. The third kappa shape index (κ3) is 3.53. The van der Waals surface area contributed by atoms with E-state index in [1.165, 1.54) is 18.2 Å². The molecule has 0 N–H and O–H groups in total. The lowest BCUT2D eigenvalue weighted by Crippen LogP contribution is -2.40. The van der Waals surface area contributed by atoms with Crippen LogP contribution >= 0.6 is 15.9 Å². The number of rotatable bonds is 4. The summed E-state index contributed by atoms with van der Waals surface area (Å²) in [5, 5.41) is 0. The standard InChI is InChI=1S/C12H13BrF3NO2S/c1-8-6-10(4-5-11(8)13)20(18,19)17(9-2-3-9)7-12(14,15)16/h4-6,9H,2-3,7H2,1H3. The minimum Gasteiger partial charge on any atom is -0.207 e. The van der Waals surface area contributed by atoms with Crippen LogP contribution in [0.25, 0.3) is 0 Å². The highest BCUT2D eigenvalue weighted by Gasteiger charge is 2.44. The summed E-state index contributed by atoms with van der Waals surface area (Å²) in [7, 11) is -4.12. The number of halogens is 4. The van der Waals surface area contributed by atoms with Crippen molar-refractivity contribution in [3.8, 4) is 0 Å². The Morgan fingerprint density at radius 1 is 1.35 bits per heavy atom. The van der Waals surface area contributed by atoms with Crippen LogP contribution in [0.2, 0.25) is 0 Å². The molecule has 0 aliphatic heterocycles. The molecule has 1 fully saturated rings. The fourth-order valence-corrected chi connectivity index (χ4v) is 3.87. The third-order valence-corrected chi connectivity index (χ3v) is 5.81. The Hall–Kier alpha value is -0.600. The third-order valence-electron chi connectivity index (χ3n) is 3.03. The average molecular weight is 372 g/mol. The van der Waals surface area contributed by atoms with Gasteiger partial charge in [-0.15, -0.1) is 0 Å². The fraction of sp³-hybridized carbons (Fsp3) is 0.500. The molecular formula is C12H13BrF3NO2S. The van der Waals surface area contributed by atoms with Crippen LogP contribution in [0.15, 0.2) is 27.6 Å². The largest absolute Gasteiger partial charge is 0.402 e. The van der Waals surface area contributed by atoms with E-state index in [1.54, 1.807) is 6.92 Å². The van der Waals surface area contributed by atoms with E-state index in [4.69, 9.17) is 0 Å². The number of nitrogens with zero attached hydrogens (tertiary/aromatic N) is 1. The van der Waals surface area contributed by atoms with Crippen molar-refractivity contribution in [1.29, 1.82) is 0 Å². The molecule has 1 aromatic carbocycles.